The van der Waals surface area contributed by atoms with E-state index in [1.165, 1.54) is 11.3 Å². The van der Waals surface area contributed by atoms with Crippen LogP contribution in [0.1, 0.15) is 22.5 Å². The first kappa shape index (κ1) is 26.4. The van der Waals surface area contributed by atoms with Crippen LogP contribution < -0.4 is 14.4 Å². The summed E-state index contributed by atoms with van der Waals surface area (Å²) in [5.74, 6) is 1.45. The molecule has 2 aromatic carbocycles. The van der Waals surface area contributed by atoms with Crippen LogP contribution in [0.5, 0.6) is 11.5 Å². The van der Waals surface area contributed by atoms with Crippen LogP contribution in [0.2, 0.25) is 5.02 Å². The molecular weight excluding hydrogens is 528 g/mol. The van der Waals surface area contributed by atoms with E-state index in [4.69, 9.17) is 35.3 Å². The minimum atomic E-state index is -0.252. The Kier molecular flexibility index (Phi) is 8.13. The predicted octanol–water partition coefficient (Wildman–Crippen LogP) is 5.30. The van der Waals surface area contributed by atoms with E-state index in [1.54, 1.807) is 32.1 Å². The minimum Gasteiger partial charge on any atom is -0.495 e. The number of hydrogen-bond acceptors (Lipinski definition) is 9. The van der Waals surface area contributed by atoms with Crippen molar-refractivity contribution in [2.45, 2.75) is 13.3 Å². The highest BCUT2D eigenvalue weighted by Crippen LogP contribution is 2.41. The molecule has 0 bridgehead atoms. The third-order valence-electron chi connectivity index (χ3n) is 6.54. The lowest BCUT2D eigenvalue weighted by Gasteiger charge is -2.27. The molecule has 38 heavy (non-hydrogen) atoms. The Morgan fingerprint density at radius 3 is 2.61 bits per heavy atom. The number of carbonyl (C=O) groups is 1. The number of halogens is 1. The van der Waals surface area contributed by atoms with E-state index < -0.39 is 0 Å². The van der Waals surface area contributed by atoms with Gasteiger partial charge in [0.05, 0.1) is 32.5 Å². The fraction of sp³-hybridized carbons (Fsp3) is 0.370. The Morgan fingerprint density at radius 1 is 1.13 bits per heavy atom. The molecular formula is C27H29ClN4O5S. The van der Waals surface area contributed by atoms with Gasteiger partial charge in [-0.2, -0.15) is 0 Å². The fourth-order valence-corrected chi connectivity index (χ4v) is 5.87. The summed E-state index contributed by atoms with van der Waals surface area (Å²) in [5, 5.41) is 5.24. The maximum Gasteiger partial charge on any atom is 0.265 e. The number of thiazole rings is 1. The van der Waals surface area contributed by atoms with Gasteiger partial charge in [-0.1, -0.05) is 46.3 Å². The molecule has 3 heterocycles. The van der Waals surface area contributed by atoms with Crippen LogP contribution in [0.25, 0.3) is 21.5 Å². The number of ether oxygens (including phenoxy) is 3. The third kappa shape index (κ3) is 5.22. The lowest BCUT2D eigenvalue weighted by molar-refractivity contribution is 0.0376. The zero-order valence-corrected chi connectivity index (χ0v) is 23.1. The van der Waals surface area contributed by atoms with E-state index in [-0.39, 0.29) is 5.91 Å². The second-order valence-electron chi connectivity index (χ2n) is 8.85. The topological polar surface area (TPSA) is 90.2 Å². The molecule has 0 aliphatic carbocycles. The number of anilines is 1. The number of carbonyl (C=O) groups excluding carboxylic acids is 1. The normalized spacial score (nSPS) is 14.1. The number of fused-ring (bicyclic) bond motifs is 1. The highest BCUT2D eigenvalue weighted by molar-refractivity contribution is 7.22. The predicted molar refractivity (Wildman–Crippen MR) is 148 cm³/mol. The van der Waals surface area contributed by atoms with Crippen molar-refractivity contribution in [3.63, 3.8) is 0 Å². The number of rotatable bonds is 9. The average molecular weight is 557 g/mol. The van der Waals surface area contributed by atoms with Gasteiger partial charge in [0.1, 0.15) is 38.7 Å². The second kappa shape index (κ2) is 11.7. The summed E-state index contributed by atoms with van der Waals surface area (Å²) in [6.07, 6.45) is 0.752. The molecule has 1 saturated heterocycles. The molecule has 0 spiro atoms. The highest BCUT2D eigenvalue weighted by atomic mass is 35.5. The number of benzene rings is 2. The Balaban J connectivity index is 1.54. The Hall–Kier alpha value is -3.18. The number of methoxy groups -OCH3 is 2. The van der Waals surface area contributed by atoms with Crippen LogP contribution in [-0.2, 0) is 4.74 Å². The van der Waals surface area contributed by atoms with E-state index in [9.17, 15) is 4.79 Å². The van der Waals surface area contributed by atoms with E-state index in [0.29, 0.717) is 56.3 Å². The average Bonchev–Trinajstić information content (AvgIpc) is 3.55. The van der Waals surface area contributed by atoms with Crippen molar-refractivity contribution in [2.75, 3.05) is 58.5 Å². The lowest BCUT2D eigenvalue weighted by Crippen LogP contribution is -2.39. The van der Waals surface area contributed by atoms with Crippen molar-refractivity contribution < 1.29 is 23.5 Å². The maximum absolute atomic E-state index is 14.3. The minimum absolute atomic E-state index is 0.252. The van der Waals surface area contributed by atoms with Gasteiger partial charge in [-0.3, -0.25) is 14.6 Å². The van der Waals surface area contributed by atoms with Gasteiger partial charge in [0.25, 0.3) is 5.91 Å². The SMILES string of the molecule is COc1ccc(OC)c2sc(N(CCCN3CCOCC3)C(=O)c3c(-c4ccccc4Cl)noc3C)nc12. The zero-order valence-electron chi connectivity index (χ0n) is 21.5. The number of morpholine rings is 1. The second-order valence-corrected chi connectivity index (χ2v) is 10.2. The number of hydrogen-bond donors (Lipinski definition) is 0. The molecule has 11 heteroatoms. The Morgan fingerprint density at radius 2 is 1.87 bits per heavy atom. The van der Waals surface area contributed by atoms with Crippen LogP contribution in [0.15, 0.2) is 40.9 Å². The van der Waals surface area contributed by atoms with Crippen molar-refractivity contribution in [3.05, 3.63) is 52.7 Å². The highest BCUT2D eigenvalue weighted by Gasteiger charge is 2.30. The molecule has 2 aromatic heterocycles. The first-order chi connectivity index (χ1) is 18.5. The van der Waals surface area contributed by atoms with Crippen LogP contribution in [-0.4, -0.2) is 74.6 Å². The molecule has 1 fully saturated rings. The van der Waals surface area contributed by atoms with Crippen molar-refractivity contribution >= 4 is 44.2 Å². The summed E-state index contributed by atoms with van der Waals surface area (Å²) in [4.78, 5) is 23.1. The fourth-order valence-electron chi connectivity index (χ4n) is 4.55. The molecule has 4 aromatic rings. The molecule has 0 radical (unpaired) electrons. The molecule has 1 aliphatic heterocycles. The first-order valence-corrected chi connectivity index (χ1v) is 13.6. The van der Waals surface area contributed by atoms with Crippen LogP contribution in [0, 0.1) is 6.92 Å². The summed E-state index contributed by atoms with van der Waals surface area (Å²) in [6.45, 7) is 6.23. The molecule has 9 nitrogen and oxygen atoms in total. The van der Waals surface area contributed by atoms with E-state index in [0.717, 1.165) is 44.0 Å². The van der Waals surface area contributed by atoms with Gasteiger partial charge in [-0.15, -0.1) is 0 Å². The maximum atomic E-state index is 14.3. The largest absolute Gasteiger partial charge is 0.495 e. The summed E-state index contributed by atoms with van der Waals surface area (Å²) in [5.41, 5.74) is 2.05. The van der Waals surface area contributed by atoms with Crippen molar-refractivity contribution in [1.82, 2.24) is 15.0 Å². The number of nitrogens with zero attached hydrogens (tertiary/aromatic N) is 4. The molecule has 0 saturated carbocycles. The molecule has 0 unspecified atom stereocenters. The molecule has 0 N–H and O–H groups in total. The summed E-state index contributed by atoms with van der Waals surface area (Å²) in [7, 11) is 3.21. The van der Waals surface area contributed by atoms with Gasteiger partial charge in [0.2, 0.25) is 0 Å². The first-order valence-electron chi connectivity index (χ1n) is 12.4. The van der Waals surface area contributed by atoms with Crippen molar-refractivity contribution in [3.8, 4) is 22.8 Å². The zero-order chi connectivity index (χ0) is 26.6. The Labute approximate surface area is 229 Å². The van der Waals surface area contributed by atoms with E-state index in [2.05, 4.69) is 10.1 Å². The van der Waals surface area contributed by atoms with Gasteiger partial charge in [-0.05, 0) is 31.5 Å². The number of aryl methyl sites for hydroxylation is 1. The Bertz CT molecular complexity index is 1390. The smallest absolute Gasteiger partial charge is 0.265 e. The number of aromatic nitrogens is 2. The number of amides is 1. The third-order valence-corrected chi connectivity index (χ3v) is 7.96. The monoisotopic (exact) mass is 556 g/mol. The van der Waals surface area contributed by atoms with Crippen LogP contribution >= 0.6 is 22.9 Å². The van der Waals surface area contributed by atoms with E-state index >= 15 is 0 Å². The molecule has 200 valence electrons. The molecule has 0 atom stereocenters. The van der Waals surface area contributed by atoms with Gasteiger partial charge in [0.15, 0.2) is 5.13 Å². The van der Waals surface area contributed by atoms with Crippen LogP contribution in [0.4, 0.5) is 5.13 Å². The quantitative estimate of drug-likeness (QED) is 0.274. The van der Waals surface area contributed by atoms with Gasteiger partial charge in [-0.25, -0.2) is 4.98 Å². The van der Waals surface area contributed by atoms with Gasteiger partial charge < -0.3 is 18.7 Å². The van der Waals surface area contributed by atoms with E-state index in [1.807, 2.05) is 30.3 Å². The molecule has 1 amide bonds. The molecule has 1 aliphatic rings. The van der Waals surface area contributed by atoms with Gasteiger partial charge >= 0.3 is 0 Å². The van der Waals surface area contributed by atoms with Crippen LogP contribution in [0.3, 0.4) is 0 Å². The lowest BCUT2D eigenvalue weighted by atomic mass is 10.0. The standard InChI is InChI=1S/C27H29ClN4O5S/c1-17-22(23(30-37-17)18-7-4-5-8-19(18)28)26(33)32(12-6-11-31-13-15-36-16-14-31)27-29-24-20(34-2)9-10-21(35-3)25(24)38-27/h4-5,7-10H,6,11-16H2,1-3H3. The summed E-state index contributed by atoms with van der Waals surface area (Å²) in [6, 6.07) is 10.9. The summed E-state index contributed by atoms with van der Waals surface area (Å²) < 4.78 is 22.9. The van der Waals surface area contributed by atoms with Crippen molar-refractivity contribution in [1.29, 1.82) is 0 Å². The summed E-state index contributed by atoms with van der Waals surface area (Å²) >= 11 is 7.86. The van der Waals surface area contributed by atoms with Crippen molar-refractivity contribution in [2.24, 2.45) is 0 Å². The molecule has 5 rings (SSSR count). The van der Waals surface area contributed by atoms with Gasteiger partial charge in [0, 0.05) is 31.7 Å².